The minimum Gasteiger partial charge on any atom is -0.481 e. The van der Waals surface area contributed by atoms with Crippen molar-refractivity contribution >= 4 is 15.9 Å². The summed E-state index contributed by atoms with van der Waals surface area (Å²) in [5.41, 5.74) is 4.79. The quantitative estimate of drug-likeness (QED) is 0.804. The molecule has 100 valence electrons. The van der Waals surface area contributed by atoms with E-state index in [2.05, 4.69) is 57.9 Å². The van der Waals surface area contributed by atoms with Crippen LogP contribution in [0.2, 0.25) is 0 Å². The molecule has 2 aromatic rings. The second kappa shape index (κ2) is 6.15. The van der Waals surface area contributed by atoms with Crippen molar-refractivity contribution in [2.24, 2.45) is 0 Å². The van der Waals surface area contributed by atoms with Gasteiger partial charge in [-0.25, -0.2) is 9.97 Å². The van der Waals surface area contributed by atoms with Crippen LogP contribution in [0.15, 0.2) is 30.6 Å². The van der Waals surface area contributed by atoms with Crippen LogP contribution >= 0.6 is 15.9 Å². The fourth-order valence-electron chi connectivity index (χ4n) is 2.09. The van der Waals surface area contributed by atoms with Crippen molar-refractivity contribution in [3.63, 3.8) is 0 Å². The van der Waals surface area contributed by atoms with Gasteiger partial charge in [0, 0.05) is 23.0 Å². The number of aromatic nitrogens is 2. The van der Waals surface area contributed by atoms with Crippen LogP contribution in [-0.4, -0.2) is 17.1 Å². The lowest BCUT2D eigenvalue weighted by Crippen LogP contribution is -2.00. The Hall–Kier alpha value is -1.42. The third-order valence-corrected chi connectivity index (χ3v) is 3.75. The highest BCUT2D eigenvalue weighted by Gasteiger charge is 2.11. The Kier molecular flexibility index (Phi) is 4.53. The summed E-state index contributed by atoms with van der Waals surface area (Å²) in [6.07, 6.45) is 2.34. The smallest absolute Gasteiger partial charge is 0.216 e. The van der Waals surface area contributed by atoms with E-state index in [1.807, 2.05) is 6.07 Å². The average Bonchev–Trinajstić information content (AvgIpc) is 2.37. The fourth-order valence-corrected chi connectivity index (χ4v) is 2.69. The molecule has 0 amide bonds. The first-order chi connectivity index (χ1) is 9.08. The molecular weight excluding hydrogens is 304 g/mol. The first kappa shape index (κ1) is 14.0. The van der Waals surface area contributed by atoms with E-state index in [-0.39, 0.29) is 4.83 Å². The topological polar surface area (TPSA) is 35.0 Å². The summed E-state index contributed by atoms with van der Waals surface area (Å²) in [6.45, 7) is 4.23. The van der Waals surface area contributed by atoms with E-state index in [0.717, 1.165) is 12.1 Å². The van der Waals surface area contributed by atoms with Crippen LogP contribution in [0.4, 0.5) is 0 Å². The van der Waals surface area contributed by atoms with Gasteiger partial charge in [0.25, 0.3) is 0 Å². The van der Waals surface area contributed by atoms with Gasteiger partial charge in [-0.3, -0.25) is 0 Å². The third kappa shape index (κ3) is 3.77. The first-order valence-corrected chi connectivity index (χ1v) is 7.07. The largest absolute Gasteiger partial charge is 0.481 e. The third-order valence-electron chi connectivity index (χ3n) is 2.90. The van der Waals surface area contributed by atoms with Crippen molar-refractivity contribution in [3.05, 3.63) is 53.0 Å². The number of hydrogen-bond donors (Lipinski definition) is 0. The van der Waals surface area contributed by atoms with Gasteiger partial charge in [0.15, 0.2) is 0 Å². The molecule has 0 aliphatic heterocycles. The van der Waals surface area contributed by atoms with Crippen molar-refractivity contribution in [1.29, 1.82) is 0 Å². The lowest BCUT2D eigenvalue weighted by Gasteiger charge is -2.12. The summed E-state index contributed by atoms with van der Waals surface area (Å²) in [4.78, 5) is 8.54. The summed E-state index contributed by atoms with van der Waals surface area (Å²) in [5, 5.41) is 0. The maximum Gasteiger partial charge on any atom is 0.216 e. The van der Waals surface area contributed by atoms with Gasteiger partial charge < -0.3 is 4.74 Å². The zero-order valence-corrected chi connectivity index (χ0v) is 12.9. The molecule has 1 atom stereocenters. The number of ether oxygens (including phenoxy) is 1. The zero-order chi connectivity index (χ0) is 13.8. The Morgan fingerprint density at radius 3 is 2.42 bits per heavy atom. The molecule has 0 radical (unpaired) electrons. The normalized spacial score (nSPS) is 12.2. The van der Waals surface area contributed by atoms with Crippen LogP contribution in [0.1, 0.15) is 27.2 Å². The van der Waals surface area contributed by atoms with Crippen LogP contribution in [0.3, 0.4) is 0 Å². The van der Waals surface area contributed by atoms with Crippen molar-refractivity contribution < 1.29 is 4.74 Å². The first-order valence-electron chi connectivity index (χ1n) is 6.15. The average molecular weight is 321 g/mol. The van der Waals surface area contributed by atoms with E-state index in [1.165, 1.54) is 23.0 Å². The standard InChI is InChI=1S/C15H17BrN2O/c1-10-4-11(2)6-12(5-10)14(16)7-13-8-15(19-3)18-9-17-13/h4-6,8-9,14H,7H2,1-3H3. The number of hydrogen-bond acceptors (Lipinski definition) is 3. The van der Waals surface area contributed by atoms with Crippen molar-refractivity contribution in [2.45, 2.75) is 25.1 Å². The molecule has 0 aliphatic rings. The highest BCUT2D eigenvalue weighted by atomic mass is 79.9. The molecule has 1 aromatic heterocycles. The van der Waals surface area contributed by atoms with E-state index in [1.54, 1.807) is 7.11 Å². The fraction of sp³-hybridized carbons (Fsp3) is 0.333. The zero-order valence-electron chi connectivity index (χ0n) is 11.4. The molecule has 1 aromatic carbocycles. The van der Waals surface area contributed by atoms with Crippen LogP contribution < -0.4 is 4.74 Å². The minimum absolute atomic E-state index is 0.241. The maximum atomic E-state index is 5.11. The number of aryl methyl sites for hydroxylation is 2. The molecule has 0 saturated carbocycles. The Balaban J connectivity index is 2.17. The number of benzene rings is 1. The van der Waals surface area contributed by atoms with E-state index in [9.17, 15) is 0 Å². The molecular formula is C15H17BrN2O. The Bertz CT molecular complexity index is 552. The van der Waals surface area contributed by atoms with Crippen molar-refractivity contribution in [3.8, 4) is 5.88 Å². The number of methoxy groups -OCH3 is 1. The number of nitrogens with zero attached hydrogens (tertiary/aromatic N) is 2. The van der Waals surface area contributed by atoms with Gasteiger partial charge in [0.1, 0.15) is 6.33 Å². The van der Waals surface area contributed by atoms with Crippen LogP contribution in [-0.2, 0) is 6.42 Å². The number of alkyl halides is 1. The second-order valence-corrected chi connectivity index (χ2v) is 5.75. The lowest BCUT2D eigenvalue weighted by atomic mass is 10.0. The van der Waals surface area contributed by atoms with Gasteiger partial charge >= 0.3 is 0 Å². The molecule has 0 spiro atoms. The predicted molar refractivity (Wildman–Crippen MR) is 79.9 cm³/mol. The van der Waals surface area contributed by atoms with E-state index in [4.69, 9.17) is 4.74 Å². The molecule has 4 heteroatoms. The van der Waals surface area contributed by atoms with Gasteiger partial charge in [0.05, 0.1) is 7.11 Å². The maximum absolute atomic E-state index is 5.11. The summed E-state index contributed by atoms with van der Waals surface area (Å²) < 4.78 is 5.11. The molecule has 0 N–H and O–H groups in total. The predicted octanol–water partition coefficient (Wildman–Crippen LogP) is 3.78. The Labute approximate surface area is 122 Å². The second-order valence-electron chi connectivity index (χ2n) is 4.64. The summed E-state index contributed by atoms with van der Waals surface area (Å²) >= 11 is 3.74. The Morgan fingerprint density at radius 1 is 1.11 bits per heavy atom. The summed E-state index contributed by atoms with van der Waals surface area (Å²) in [5.74, 6) is 0.602. The highest BCUT2D eigenvalue weighted by Crippen LogP contribution is 2.28. The number of halogens is 1. The molecule has 19 heavy (non-hydrogen) atoms. The van der Waals surface area contributed by atoms with E-state index < -0.39 is 0 Å². The molecule has 1 unspecified atom stereocenters. The van der Waals surface area contributed by atoms with Gasteiger partial charge in [-0.05, 0) is 19.4 Å². The molecule has 0 bridgehead atoms. The summed E-state index contributed by atoms with van der Waals surface area (Å²) in [7, 11) is 1.61. The molecule has 2 rings (SSSR count). The van der Waals surface area contributed by atoms with E-state index >= 15 is 0 Å². The molecule has 0 saturated heterocycles. The van der Waals surface area contributed by atoms with Crippen molar-refractivity contribution in [2.75, 3.05) is 7.11 Å². The van der Waals surface area contributed by atoms with E-state index in [0.29, 0.717) is 5.88 Å². The molecule has 3 nitrogen and oxygen atoms in total. The van der Waals surface area contributed by atoms with Gasteiger partial charge in [-0.2, -0.15) is 0 Å². The van der Waals surface area contributed by atoms with Crippen LogP contribution in [0, 0.1) is 13.8 Å². The van der Waals surface area contributed by atoms with Gasteiger partial charge in [0.2, 0.25) is 5.88 Å². The summed E-state index contributed by atoms with van der Waals surface area (Å²) in [6, 6.07) is 8.45. The minimum atomic E-state index is 0.241. The van der Waals surface area contributed by atoms with Crippen LogP contribution in [0.25, 0.3) is 0 Å². The van der Waals surface area contributed by atoms with Gasteiger partial charge in [-0.15, -0.1) is 0 Å². The monoisotopic (exact) mass is 320 g/mol. The Morgan fingerprint density at radius 2 is 1.79 bits per heavy atom. The molecule has 0 aliphatic carbocycles. The lowest BCUT2D eigenvalue weighted by molar-refractivity contribution is 0.396. The van der Waals surface area contributed by atoms with Crippen LogP contribution in [0.5, 0.6) is 5.88 Å². The highest BCUT2D eigenvalue weighted by molar-refractivity contribution is 9.09. The molecule has 1 heterocycles. The van der Waals surface area contributed by atoms with Crippen molar-refractivity contribution in [1.82, 2.24) is 9.97 Å². The number of rotatable bonds is 4. The SMILES string of the molecule is COc1cc(CC(Br)c2cc(C)cc(C)c2)ncn1. The van der Waals surface area contributed by atoms with Gasteiger partial charge in [-0.1, -0.05) is 45.3 Å². The molecule has 0 fully saturated rings.